The van der Waals surface area contributed by atoms with E-state index in [1.54, 1.807) is 6.92 Å². The Kier molecular flexibility index (Phi) is 3.71. The van der Waals surface area contributed by atoms with Crippen LogP contribution < -0.4 is 10.6 Å². The van der Waals surface area contributed by atoms with Crippen LogP contribution in [0.5, 0.6) is 0 Å². The number of allylic oxidation sites excluding steroid dienone is 3. The van der Waals surface area contributed by atoms with Crippen molar-refractivity contribution in [2.24, 2.45) is 5.92 Å². The summed E-state index contributed by atoms with van der Waals surface area (Å²) >= 11 is 0. The Labute approximate surface area is 105 Å². The second-order valence-corrected chi connectivity index (χ2v) is 5.21. The van der Waals surface area contributed by atoms with Crippen LogP contribution in [0.15, 0.2) is 22.9 Å². The zero-order valence-electron chi connectivity index (χ0n) is 10.7. The maximum atomic E-state index is 13.0. The highest BCUT2D eigenvalue weighted by molar-refractivity contribution is 5.38. The molecule has 2 aliphatic rings. The molecule has 0 aliphatic carbocycles. The van der Waals surface area contributed by atoms with Crippen molar-refractivity contribution in [1.82, 2.24) is 10.6 Å². The highest BCUT2D eigenvalue weighted by Crippen LogP contribution is 2.35. The molecule has 2 heterocycles. The fourth-order valence-corrected chi connectivity index (χ4v) is 2.49. The van der Waals surface area contributed by atoms with Gasteiger partial charge in [0.25, 0.3) is 0 Å². The largest absolute Gasteiger partial charge is 0.418 e. The predicted molar refractivity (Wildman–Crippen MR) is 65.0 cm³/mol. The number of alkyl halides is 3. The van der Waals surface area contributed by atoms with Gasteiger partial charge in [-0.05, 0) is 51.8 Å². The summed E-state index contributed by atoms with van der Waals surface area (Å²) in [6, 6.07) is -0.0135. The molecular formula is C13H19F3N2. The molecule has 0 spiro atoms. The van der Waals surface area contributed by atoms with E-state index in [0.29, 0.717) is 18.0 Å². The van der Waals surface area contributed by atoms with Gasteiger partial charge in [0.1, 0.15) is 0 Å². The van der Waals surface area contributed by atoms with Gasteiger partial charge >= 0.3 is 6.18 Å². The van der Waals surface area contributed by atoms with Crippen LogP contribution in [0.3, 0.4) is 0 Å². The zero-order chi connectivity index (χ0) is 13.3. The smallest absolute Gasteiger partial charge is 0.382 e. The maximum Gasteiger partial charge on any atom is 0.418 e. The molecule has 0 radical (unpaired) electrons. The van der Waals surface area contributed by atoms with E-state index in [4.69, 9.17) is 0 Å². The molecule has 0 aromatic rings. The third kappa shape index (κ3) is 2.88. The van der Waals surface area contributed by atoms with Gasteiger partial charge in [-0.1, -0.05) is 5.57 Å². The minimum atomic E-state index is -4.27. The molecule has 0 amide bonds. The van der Waals surface area contributed by atoms with Crippen molar-refractivity contribution in [2.75, 3.05) is 13.1 Å². The lowest BCUT2D eigenvalue weighted by atomic mass is 9.93. The second-order valence-electron chi connectivity index (χ2n) is 5.21. The first-order valence-electron chi connectivity index (χ1n) is 6.33. The van der Waals surface area contributed by atoms with E-state index in [9.17, 15) is 13.2 Å². The Morgan fingerprint density at radius 1 is 1.39 bits per heavy atom. The quantitative estimate of drug-likeness (QED) is 0.797. The van der Waals surface area contributed by atoms with Gasteiger partial charge in [0.05, 0.1) is 5.57 Å². The summed E-state index contributed by atoms with van der Waals surface area (Å²) in [4.78, 5) is 0. The van der Waals surface area contributed by atoms with Gasteiger partial charge in [-0.25, -0.2) is 0 Å². The van der Waals surface area contributed by atoms with Crippen LogP contribution in [0.2, 0.25) is 0 Å². The Balaban J connectivity index is 2.24. The summed E-state index contributed by atoms with van der Waals surface area (Å²) in [5.41, 5.74) is 0.593. The first kappa shape index (κ1) is 13.5. The summed E-state index contributed by atoms with van der Waals surface area (Å²) in [7, 11) is 0. The Morgan fingerprint density at radius 2 is 2.11 bits per heavy atom. The Bertz CT molecular complexity index is 376. The molecule has 0 aromatic carbocycles. The molecule has 0 aromatic heterocycles. The van der Waals surface area contributed by atoms with E-state index in [0.717, 1.165) is 25.1 Å². The molecule has 0 saturated carbocycles. The van der Waals surface area contributed by atoms with Crippen molar-refractivity contribution in [3.05, 3.63) is 22.9 Å². The second kappa shape index (κ2) is 4.96. The number of halogens is 3. The van der Waals surface area contributed by atoms with Gasteiger partial charge in [0.15, 0.2) is 0 Å². The van der Waals surface area contributed by atoms with E-state index in [1.165, 1.54) is 6.08 Å². The van der Waals surface area contributed by atoms with Crippen LogP contribution in [0.1, 0.15) is 26.7 Å². The molecule has 2 rings (SSSR count). The highest BCUT2D eigenvalue weighted by atomic mass is 19.4. The van der Waals surface area contributed by atoms with Gasteiger partial charge < -0.3 is 10.6 Å². The summed E-state index contributed by atoms with van der Waals surface area (Å²) in [6.07, 6.45) is -1.54. The zero-order valence-corrected chi connectivity index (χ0v) is 10.7. The SMILES string of the molecule is CC1=CC(C(F)(F)F)=C(CC2CCNC2)NC1C. The molecule has 2 nitrogen and oxygen atoms in total. The number of rotatable bonds is 2. The van der Waals surface area contributed by atoms with Gasteiger partial charge in [0.2, 0.25) is 0 Å². The number of hydrogen-bond donors (Lipinski definition) is 2. The third-order valence-corrected chi connectivity index (χ3v) is 3.73. The van der Waals surface area contributed by atoms with Crippen molar-refractivity contribution < 1.29 is 13.2 Å². The molecule has 0 bridgehead atoms. The maximum absolute atomic E-state index is 13.0. The van der Waals surface area contributed by atoms with E-state index < -0.39 is 11.7 Å². The van der Waals surface area contributed by atoms with E-state index >= 15 is 0 Å². The van der Waals surface area contributed by atoms with Crippen molar-refractivity contribution in [2.45, 2.75) is 38.9 Å². The molecular weight excluding hydrogens is 241 g/mol. The Morgan fingerprint density at radius 3 is 2.67 bits per heavy atom. The topological polar surface area (TPSA) is 24.1 Å². The average Bonchev–Trinajstić information content (AvgIpc) is 2.74. The monoisotopic (exact) mass is 260 g/mol. The predicted octanol–water partition coefficient (Wildman–Crippen LogP) is 2.74. The average molecular weight is 260 g/mol. The molecule has 1 fully saturated rings. The summed E-state index contributed by atoms with van der Waals surface area (Å²) in [6.45, 7) is 5.35. The van der Waals surface area contributed by atoms with Crippen LogP contribution in [0.25, 0.3) is 0 Å². The van der Waals surface area contributed by atoms with Crippen LogP contribution in [0.4, 0.5) is 13.2 Å². The van der Waals surface area contributed by atoms with Gasteiger partial charge in [-0.2, -0.15) is 13.2 Å². The number of dihydropyridines is 1. The summed E-state index contributed by atoms with van der Waals surface area (Å²) in [5, 5.41) is 6.20. The Hall–Kier alpha value is -0.970. The molecule has 2 aliphatic heterocycles. The number of nitrogens with one attached hydrogen (secondary N) is 2. The normalized spacial score (nSPS) is 29.3. The molecule has 18 heavy (non-hydrogen) atoms. The van der Waals surface area contributed by atoms with Crippen LogP contribution in [-0.4, -0.2) is 25.3 Å². The molecule has 2 unspecified atom stereocenters. The van der Waals surface area contributed by atoms with E-state index in [2.05, 4.69) is 10.6 Å². The molecule has 2 atom stereocenters. The van der Waals surface area contributed by atoms with E-state index in [1.807, 2.05) is 6.92 Å². The van der Waals surface area contributed by atoms with Crippen LogP contribution in [0, 0.1) is 5.92 Å². The first-order valence-corrected chi connectivity index (χ1v) is 6.33. The summed E-state index contributed by atoms with van der Waals surface area (Å²) < 4.78 is 39.0. The van der Waals surface area contributed by atoms with Crippen LogP contribution in [-0.2, 0) is 0 Å². The fourth-order valence-electron chi connectivity index (χ4n) is 2.49. The van der Waals surface area contributed by atoms with Crippen molar-refractivity contribution >= 4 is 0 Å². The molecule has 102 valence electrons. The lowest BCUT2D eigenvalue weighted by molar-refractivity contribution is -0.0899. The van der Waals surface area contributed by atoms with Gasteiger partial charge in [-0.3, -0.25) is 0 Å². The minimum absolute atomic E-state index is 0.0135. The lowest BCUT2D eigenvalue weighted by Crippen LogP contribution is -2.34. The standard InChI is InChI=1S/C13H19F3N2/c1-8-5-11(13(14,15)16)12(18-9(8)2)6-10-3-4-17-7-10/h5,9-10,17-18H,3-4,6-7H2,1-2H3. The lowest BCUT2D eigenvalue weighted by Gasteiger charge is -2.28. The molecule has 5 heteroatoms. The van der Waals surface area contributed by atoms with Crippen molar-refractivity contribution in [1.29, 1.82) is 0 Å². The van der Waals surface area contributed by atoms with E-state index in [-0.39, 0.29) is 6.04 Å². The fraction of sp³-hybridized carbons (Fsp3) is 0.692. The highest BCUT2D eigenvalue weighted by Gasteiger charge is 2.37. The minimum Gasteiger partial charge on any atom is -0.382 e. The van der Waals surface area contributed by atoms with Crippen LogP contribution >= 0.6 is 0 Å². The van der Waals surface area contributed by atoms with Gasteiger partial charge in [-0.15, -0.1) is 0 Å². The van der Waals surface area contributed by atoms with Crippen molar-refractivity contribution in [3.8, 4) is 0 Å². The molecule has 2 N–H and O–H groups in total. The summed E-state index contributed by atoms with van der Waals surface area (Å²) in [5.74, 6) is 0.309. The molecule has 1 saturated heterocycles. The van der Waals surface area contributed by atoms with Crippen molar-refractivity contribution in [3.63, 3.8) is 0 Å². The third-order valence-electron chi connectivity index (χ3n) is 3.73. The van der Waals surface area contributed by atoms with Gasteiger partial charge in [0, 0.05) is 11.7 Å². The number of hydrogen-bond acceptors (Lipinski definition) is 2. The first-order chi connectivity index (χ1) is 8.38.